The van der Waals surface area contributed by atoms with Gasteiger partial charge in [-0.2, -0.15) is 0 Å². The van der Waals surface area contributed by atoms with Crippen molar-refractivity contribution in [1.82, 2.24) is 0 Å². The van der Waals surface area contributed by atoms with E-state index in [0.29, 0.717) is 0 Å². The number of allylic oxidation sites excluding steroid dienone is 1. The molecule has 1 aliphatic heterocycles. The first-order chi connectivity index (χ1) is 26.8. The molecule has 0 bridgehead atoms. The topological polar surface area (TPSA) is 12.4 Å². The van der Waals surface area contributed by atoms with Gasteiger partial charge in [0.25, 0.3) is 0 Å². The molecular formula is C53H33N. The molecule has 0 radical (unpaired) electrons. The number of hydrogen-bond donors (Lipinski definition) is 0. The summed E-state index contributed by atoms with van der Waals surface area (Å²) >= 11 is 0. The highest BCUT2D eigenvalue weighted by Crippen LogP contribution is 2.59. The van der Waals surface area contributed by atoms with E-state index in [1.54, 1.807) is 0 Å². The molecule has 3 aliphatic rings. The normalized spacial score (nSPS) is 13.4. The Kier molecular flexibility index (Phi) is 6.24. The second kappa shape index (κ2) is 11.3. The summed E-state index contributed by atoms with van der Waals surface area (Å²) < 4.78 is 0. The van der Waals surface area contributed by atoms with Gasteiger partial charge in [0.2, 0.25) is 0 Å². The summed E-state index contributed by atoms with van der Waals surface area (Å²) in [5.41, 5.74) is 20.5. The number of nitrogens with zero attached hydrogens (tertiary/aromatic N) is 1. The number of hydrogen-bond acceptors (Lipinski definition) is 1. The summed E-state index contributed by atoms with van der Waals surface area (Å²) in [6.07, 6.45) is 5.45. The third-order valence-corrected chi connectivity index (χ3v) is 12.0. The maximum Gasteiger partial charge on any atom is 0.0649 e. The molecule has 2 aliphatic carbocycles. The molecule has 250 valence electrons. The second-order valence-electron chi connectivity index (χ2n) is 14.8. The molecule has 9 aromatic rings. The summed E-state index contributed by atoms with van der Waals surface area (Å²) in [4.78, 5) is 4.89. The number of rotatable bonds is 4. The van der Waals surface area contributed by atoms with Gasteiger partial charge in [-0.25, -0.2) is 0 Å². The first-order valence-electron chi connectivity index (χ1n) is 19.0. The summed E-state index contributed by atoms with van der Waals surface area (Å²) in [5.74, 6) is 0. The number of aliphatic imine (C=N–C) groups is 1. The zero-order valence-corrected chi connectivity index (χ0v) is 29.6. The SMILES string of the molecule is C1=CC(c2ccc3c4c(cccc24)-c2cc(-c4ccc5c6c(cccc46)-c4c-5c(-c5ccccc5)c5ccccc5c4-c4ccccc4)ccc2-3)=NCC1. The van der Waals surface area contributed by atoms with Crippen molar-refractivity contribution in [3.05, 3.63) is 182 Å². The van der Waals surface area contributed by atoms with Crippen molar-refractivity contribution in [3.63, 3.8) is 0 Å². The molecule has 0 saturated heterocycles. The highest BCUT2D eigenvalue weighted by atomic mass is 14.7. The Bertz CT molecular complexity index is 3030. The predicted molar refractivity (Wildman–Crippen MR) is 229 cm³/mol. The van der Waals surface area contributed by atoms with Gasteiger partial charge in [0, 0.05) is 12.1 Å². The highest BCUT2D eigenvalue weighted by molar-refractivity contribution is 6.29. The van der Waals surface area contributed by atoms with Crippen molar-refractivity contribution >= 4 is 38.0 Å². The van der Waals surface area contributed by atoms with Gasteiger partial charge in [0.15, 0.2) is 0 Å². The van der Waals surface area contributed by atoms with Crippen LogP contribution >= 0.6 is 0 Å². The van der Waals surface area contributed by atoms with E-state index < -0.39 is 0 Å². The van der Waals surface area contributed by atoms with Crippen LogP contribution in [0.2, 0.25) is 0 Å². The zero-order valence-electron chi connectivity index (χ0n) is 29.6. The van der Waals surface area contributed by atoms with Gasteiger partial charge in [0.05, 0.1) is 5.71 Å². The molecule has 0 amide bonds. The molecule has 0 aromatic heterocycles. The molecule has 0 saturated carbocycles. The maximum atomic E-state index is 4.89. The number of dihydropyridines is 1. The Labute approximate surface area is 314 Å². The van der Waals surface area contributed by atoms with Crippen LogP contribution in [0.1, 0.15) is 12.0 Å². The van der Waals surface area contributed by atoms with E-state index in [9.17, 15) is 0 Å². The van der Waals surface area contributed by atoms with Crippen LogP contribution in [0.3, 0.4) is 0 Å². The van der Waals surface area contributed by atoms with Gasteiger partial charge in [-0.1, -0.05) is 164 Å². The Morgan fingerprint density at radius 2 is 0.852 bits per heavy atom. The van der Waals surface area contributed by atoms with Crippen LogP contribution in [0.4, 0.5) is 0 Å². The predicted octanol–water partition coefficient (Wildman–Crippen LogP) is 14.2. The molecule has 1 heteroatoms. The fourth-order valence-corrected chi connectivity index (χ4v) is 9.79. The fourth-order valence-electron chi connectivity index (χ4n) is 9.79. The monoisotopic (exact) mass is 683 g/mol. The van der Waals surface area contributed by atoms with Crippen LogP contribution in [0.25, 0.3) is 110 Å². The molecule has 0 fully saturated rings. The third-order valence-electron chi connectivity index (χ3n) is 12.0. The van der Waals surface area contributed by atoms with Gasteiger partial charge in [-0.3, -0.25) is 4.99 Å². The maximum absolute atomic E-state index is 4.89. The van der Waals surface area contributed by atoms with E-state index in [2.05, 4.69) is 176 Å². The summed E-state index contributed by atoms with van der Waals surface area (Å²) in [5, 5.41) is 7.83. The van der Waals surface area contributed by atoms with E-state index in [-0.39, 0.29) is 0 Å². The van der Waals surface area contributed by atoms with Crippen molar-refractivity contribution in [2.24, 2.45) is 4.99 Å². The summed E-state index contributed by atoms with van der Waals surface area (Å²) in [6, 6.07) is 61.2. The molecular weight excluding hydrogens is 651 g/mol. The second-order valence-corrected chi connectivity index (χ2v) is 14.8. The minimum atomic E-state index is 0.857. The van der Waals surface area contributed by atoms with Crippen LogP contribution in [0.15, 0.2) is 181 Å². The average Bonchev–Trinajstić information content (AvgIpc) is 3.75. The lowest BCUT2D eigenvalue weighted by atomic mass is 9.82. The molecule has 0 unspecified atom stereocenters. The molecule has 0 spiro atoms. The smallest absolute Gasteiger partial charge is 0.0649 e. The lowest BCUT2D eigenvalue weighted by molar-refractivity contribution is 0.994. The standard InChI is InChI=1S/C53H33N/c1-3-13-32(14-4-1)48-40-17-7-8-18-41(40)49(33-15-5-2-6-16-33)53-45-29-26-35(38-19-12-22-44(51(38)45)52(48)53)34-24-25-36-43-28-27-37(47-23-9-10-30-54-47)39-20-11-21-42(50(39)43)46(36)31-34/h1-9,11-29,31H,10,30H2. The van der Waals surface area contributed by atoms with Crippen molar-refractivity contribution in [2.75, 3.05) is 6.54 Å². The Morgan fingerprint density at radius 1 is 0.333 bits per heavy atom. The summed E-state index contributed by atoms with van der Waals surface area (Å²) in [6.45, 7) is 0.857. The quantitative estimate of drug-likeness (QED) is 0.175. The van der Waals surface area contributed by atoms with Gasteiger partial charge in [-0.15, -0.1) is 0 Å². The molecule has 0 atom stereocenters. The van der Waals surface area contributed by atoms with E-state index in [1.165, 1.54) is 116 Å². The highest BCUT2D eigenvalue weighted by Gasteiger charge is 2.31. The van der Waals surface area contributed by atoms with E-state index in [4.69, 9.17) is 4.99 Å². The van der Waals surface area contributed by atoms with Crippen molar-refractivity contribution in [1.29, 1.82) is 0 Å². The molecule has 12 rings (SSSR count). The first-order valence-corrected chi connectivity index (χ1v) is 19.0. The average molecular weight is 684 g/mol. The lowest BCUT2D eigenvalue weighted by Crippen LogP contribution is -2.03. The number of fused-ring (bicyclic) bond motifs is 7. The van der Waals surface area contributed by atoms with Gasteiger partial charge < -0.3 is 0 Å². The van der Waals surface area contributed by atoms with E-state index in [1.807, 2.05) is 0 Å². The minimum absolute atomic E-state index is 0.857. The Balaban J connectivity index is 1.10. The van der Waals surface area contributed by atoms with Gasteiger partial charge >= 0.3 is 0 Å². The Hall–Kier alpha value is -6.83. The van der Waals surface area contributed by atoms with Crippen LogP contribution in [-0.4, -0.2) is 12.3 Å². The molecule has 1 heterocycles. The number of benzene rings is 9. The molecule has 0 N–H and O–H groups in total. The van der Waals surface area contributed by atoms with Crippen molar-refractivity contribution < 1.29 is 0 Å². The Morgan fingerprint density at radius 3 is 1.54 bits per heavy atom. The summed E-state index contributed by atoms with van der Waals surface area (Å²) in [7, 11) is 0. The van der Waals surface area contributed by atoms with Crippen LogP contribution in [0.5, 0.6) is 0 Å². The fraction of sp³-hybridized carbons (Fsp3) is 0.0377. The van der Waals surface area contributed by atoms with Gasteiger partial charge in [-0.05, 0) is 129 Å². The molecule has 54 heavy (non-hydrogen) atoms. The zero-order chi connectivity index (χ0) is 35.3. The van der Waals surface area contributed by atoms with Gasteiger partial charge in [0.1, 0.15) is 0 Å². The van der Waals surface area contributed by atoms with Crippen molar-refractivity contribution in [2.45, 2.75) is 6.42 Å². The first kappa shape index (κ1) is 29.7. The van der Waals surface area contributed by atoms with Crippen LogP contribution < -0.4 is 0 Å². The minimum Gasteiger partial charge on any atom is -0.284 e. The lowest BCUT2D eigenvalue weighted by Gasteiger charge is -2.20. The van der Waals surface area contributed by atoms with E-state index in [0.717, 1.165) is 18.7 Å². The van der Waals surface area contributed by atoms with Crippen LogP contribution in [-0.2, 0) is 0 Å². The third kappa shape index (κ3) is 4.07. The van der Waals surface area contributed by atoms with Crippen molar-refractivity contribution in [3.8, 4) is 77.9 Å². The molecule has 9 aromatic carbocycles. The van der Waals surface area contributed by atoms with E-state index >= 15 is 0 Å². The van der Waals surface area contributed by atoms with Crippen LogP contribution in [0, 0.1) is 0 Å². The largest absolute Gasteiger partial charge is 0.284 e. The molecule has 1 nitrogen and oxygen atoms in total.